The first-order valence-electron chi connectivity index (χ1n) is 4.89. The van der Waals surface area contributed by atoms with E-state index in [4.69, 9.17) is 5.73 Å². The summed E-state index contributed by atoms with van der Waals surface area (Å²) >= 11 is 0. The van der Waals surface area contributed by atoms with Crippen molar-refractivity contribution in [3.8, 4) is 0 Å². The summed E-state index contributed by atoms with van der Waals surface area (Å²) < 4.78 is 0. The molecule has 0 bridgehead atoms. The van der Waals surface area contributed by atoms with Crippen LogP contribution in [0.1, 0.15) is 20.3 Å². The predicted molar refractivity (Wildman–Crippen MR) is 63.8 cm³/mol. The second kappa shape index (κ2) is 3.22. The van der Waals surface area contributed by atoms with E-state index in [1.165, 1.54) is 16.7 Å². The highest BCUT2D eigenvalue weighted by molar-refractivity contribution is 7.19. The van der Waals surface area contributed by atoms with Crippen LogP contribution in [-0.2, 0) is 0 Å². The number of dihydropyridines is 1. The number of allylic oxidation sites excluding steroid dienone is 3. The Balaban J connectivity index is 2.42. The number of hydrogen-bond acceptors (Lipinski definition) is 2. The van der Waals surface area contributed by atoms with Crippen molar-refractivity contribution in [2.45, 2.75) is 31.6 Å². The second-order valence-electron chi connectivity index (χ2n) is 4.38. The fourth-order valence-electron chi connectivity index (χ4n) is 1.91. The molecule has 3 atom stereocenters. The molecule has 2 rings (SSSR count). The molecular formula is C11H17N2P. The quantitative estimate of drug-likeness (QED) is 0.594. The number of hydrogen-bond donors (Lipinski definition) is 2. The van der Waals surface area contributed by atoms with Crippen molar-refractivity contribution in [2.24, 2.45) is 5.73 Å². The third-order valence-electron chi connectivity index (χ3n) is 3.10. The maximum absolute atomic E-state index is 5.97. The summed E-state index contributed by atoms with van der Waals surface area (Å²) in [7, 11) is 2.93. The van der Waals surface area contributed by atoms with Gasteiger partial charge in [-0.15, -0.1) is 9.24 Å². The molecule has 0 saturated carbocycles. The van der Waals surface area contributed by atoms with Gasteiger partial charge in [-0.2, -0.15) is 0 Å². The van der Waals surface area contributed by atoms with Gasteiger partial charge < -0.3 is 11.1 Å². The minimum atomic E-state index is -0.0361. The van der Waals surface area contributed by atoms with Crippen molar-refractivity contribution in [1.82, 2.24) is 5.32 Å². The zero-order chi connectivity index (χ0) is 10.3. The molecule has 0 aromatic carbocycles. The Morgan fingerprint density at radius 1 is 1.64 bits per heavy atom. The third-order valence-corrected chi connectivity index (χ3v) is 3.76. The van der Waals surface area contributed by atoms with Crippen molar-refractivity contribution in [2.75, 3.05) is 0 Å². The molecule has 0 aromatic rings. The van der Waals surface area contributed by atoms with Crippen LogP contribution in [0, 0.1) is 0 Å². The van der Waals surface area contributed by atoms with E-state index in [2.05, 4.69) is 40.6 Å². The zero-order valence-corrected chi connectivity index (χ0v) is 9.83. The first-order valence-corrected chi connectivity index (χ1v) is 5.47. The van der Waals surface area contributed by atoms with Crippen LogP contribution in [0.4, 0.5) is 0 Å². The van der Waals surface area contributed by atoms with Gasteiger partial charge in [-0.1, -0.05) is 18.6 Å². The van der Waals surface area contributed by atoms with Gasteiger partial charge in [0.2, 0.25) is 0 Å². The predicted octanol–water partition coefficient (Wildman–Crippen LogP) is 1.67. The summed E-state index contributed by atoms with van der Waals surface area (Å²) in [6, 6.07) is 0. The Morgan fingerprint density at radius 2 is 2.36 bits per heavy atom. The van der Waals surface area contributed by atoms with Gasteiger partial charge in [0.05, 0.1) is 0 Å². The van der Waals surface area contributed by atoms with Crippen LogP contribution in [0.2, 0.25) is 0 Å². The summed E-state index contributed by atoms with van der Waals surface area (Å²) in [5.41, 5.74) is 9.95. The van der Waals surface area contributed by atoms with E-state index in [0.717, 1.165) is 6.42 Å². The minimum Gasteiger partial charge on any atom is -0.372 e. The second-order valence-corrected chi connectivity index (χ2v) is 5.65. The van der Waals surface area contributed by atoms with E-state index in [0.29, 0.717) is 0 Å². The Bertz CT molecular complexity index is 350. The standard InChI is InChI=1S/C11H17N2P/c1-7-5-9-8(6-11(7,2)14)3-4-13-10(9)12/h3-5,10,13H,6,12,14H2,1-2H3. The Labute approximate surface area is 87.5 Å². The van der Waals surface area contributed by atoms with E-state index in [9.17, 15) is 0 Å². The van der Waals surface area contributed by atoms with Gasteiger partial charge in [0.15, 0.2) is 0 Å². The van der Waals surface area contributed by atoms with Crippen molar-refractivity contribution >= 4 is 9.24 Å². The van der Waals surface area contributed by atoms with Gasteiger partial charge in [0, 0.05) is 5.16 Å². The molecule has 3 N–H and O–H groups in total. The fourth-order valence-corrected chi connectivity index (χ4v) is 2.22. The van der Waals surface area contributed by atoms with Crippen molar-refractivity contribution in [3.05, 3.63) is 35.1 Å². The molecule has 0 fully saturated rings. The lowest BCUT2D eigenvalue weighted by Crippen LogP contribution is -2.40. The molecule has 1 heterocycles. The van der Waals surface area contributed by atoms with Gasteiger partial charge in [-0.05, 0) is 36.8 Å². The lowest BCUT2D eigenvalue weighted by atomic mass is 9.82. The zero-order valence-electron chi connectivity index (χ0n) is 8.67. The van der Waals surface area contributed by atoms with E-state index in [1.54, 1.807) is 0 Å². The minimum absolute atomic E-state index is 0.0361. The maximum Gasteiger partial charge on any atom is 0.100 e. The normalized spacial score (nSPS) is 36.3. The van der Waals surface area contributed by atoms with Crippen molar-refractivity contribution < 1.29 is 0 Å². The van der Waals surface area contributed by atoms with E-state index >= 15 is 0 Å². The molecule has 0 radical (unpaired) electrons. The van der Waals surface area contributed by atoms with Crippen LogP contribution in [0.3, 0.4) is 0 Å². The number of nitrogens with one attached hydrogen (secondary N) is 1. The lowest BCUT2D eigenvalue weighted by molar-refractivity contribution is 0.644. The van der Waals surface area contributed by atoms with Crippen LogP contribution >= 0.6 is 9.24 Å². The highest BCUT2D eigenvalue weighted by atomic mass is 31.0. The maximum atomic E-state index is 5.97. The van der Waals surface area contributed by atoms with Gasteiger partial charge >= 0.3 is 0 Å². The Morgan fingerprint density at radius 3 is 3.07 bits per heavy atom. The monoisotopic (exact) mass is 208 g/mol. The van der Waals surface area contributed by atoms with E-state index in [-0.39, 0.29) is 11.3 Å². The van der Waals surface area contributed by atoms with Crippen LogP contribution in [0.25, 0.3) is 0 Å². The Kier molecular flexibility index (Phi) is 2.29. The largest absolute Gasteiger partial charge is 0.372 e. The average molecular weight is 208 g/mol. The van der Waals surface area contributed by atoms with Gasteiger partial charge in [0.25, 0.3) is 0 Å². The first kappa shape index (κ1) is 9.95. The highest BCUT2D eigenvalue weighted by Crippen LogP contribution is 2.40. The molecule has 2 nitrogen and oxygen atoms in total. The van der Waals surface area contributed by atoms with Gasteiger partial charge in [0.1, 0.15) is 6.17 Å². The van der Waals surface area contributed by atoms with Crippen LogP contribution in [0.15, 0.2) is 35.1 Å². The van der Waals surface area contributed by atoms with Gasteiger partial charge in [-0.3, -0.25) is 0 Å². The first-order chi connectivity index (χ1) is 6.50. The Hall–Kier alpha value is -0.590. The van der Waals surface area contributed by atoms with Crippen molar-refractivity contribution in [1.29, 1.82) is 0 Å². The molecule has 1 aliphatic heterocycles. The average Bonchev–Trinajstić information content (AvgIpc) is 2.08. The molecule has 0 saturated heterocycles. The van der Waals surface area contributed by atoms with Crippen molar-refractivity contribution in [3.63, 3.8) is 0 Å². The molecular weight excluding hydrogens is 191 g/mol. The molecule has 1 aliphatic carbocycles. The summed E-state index contributed by atoms with van der Waals surface area (Å²) in [5, 5.41) is 3.31. The molecule has 76 valence electrons. The van der Waals surface area contributed by atoms with Gasteiger partial charge in [-0.25, -0.2) is 0 Å². The SMILES string of the molecule is CC1=CC2=C(C=CNC2N)CC1(C)P. The fraction of sp³-hybridized carbons (Fsp3) is 0.455. The molecule has 0 spiro atoms. The summed E-state index contributed by atoms with van der Waals surface area (Å²) in [4.78, 5) is 0. The summed E-state index contributed by atoms with van der Waals surface area (Å²) in [6.07, 6.45) is 7.31. The number of nitrogens with two attached hydrogens (primary N) is 1. The van der Waals surface area contributed by atoms with Crippen LogP contribution in [-0.4, -0.2) is 11.3 Å². The molecule has 0 amide bonds. The molecule has 3 unspecified atom stereocenters. The molecule has 14 heavy (non-hydrogen) atoms. The van der Waals surface area contributed by atoms with E-state index in [1.807, 2.05) is 6.20 Å². The third kappa shape index (κ3) is 1.53. The smallest absolute Gasteiger partial charge is 0.100 e. The van der Waals surface area contributed by atoms with Crippen LogP contribution < -0.4 is 11.1 Å². The van der Waals surface area contributed by atoms with E-state index < -0.39 is 0 Å². The summed E-state index contributed by atoms with van der Waals surface area (Å²) in [5.74, 6) is 0. The highest BCUT2D eigenvalue weighted by Gasteiger charge is 2.29. The number of rotatable bonds is 0. The molecule has 2 aliphatic rings. The van der Waals surface area contributed by atoms with Crippen LogP contribution in [0.5, 0.6) is 0 Å². The molecule has 0 aromatic heterocycles. The summed E-state index contributed by atoms with van der Waals surface area (Å²) in [6.45, 7) is 4.41. The lowest BCUT2D eigenvalue weighted by Gasteiger charge is -2.35. The topological polar surface area (TPSA) is 38.0 Å². The molecule has 3 heteroatoms.